The SMILES string of the molecule is COc1cccc(CNC(=O)c2nnn3cc(C)[nH]c(=O)c23)c1. The van der Waals surface area contributed by atoms with Crippen LogP contribution in [0.1, 0.15) is 21.7 Å². The van der Waals surface area contributed by atoms with Crippen LogP contribution >= 0.6 is 0 Å². The number of fused-ring (bicyclic) bond motifs is 1. The van der Waals surface area contributed by atoms with E-state index in [1.807, 2.05) is 24.3 Å². The summed E-state index contributed by atoms with van der Waals surface area (Å²) in [6, 6.07) is 7.34. The average Bonchev–Trinajstić information content (AvgIpc) is 2.97. The summed E-state index contributed by atoms with van der Waals surface area (Å²) in [6.45, 7) is 2.02. The average molecular weight is 313 g/mol. The third kappa shape index (κ3) is 2.91. The first kappa shape index (κ1) is 14.8. The van der Waals surface area contributed by atoms with Crippen molar-refractivity contribution in [3.05, 3.63) is 57.8 Å². The largest absolute Gasteiger partial charge is 0.497 e. The zero-order chi connectivity index (χ0) is 16.4. The lowest BCUT2D eigenvalue weighted by Crippen LogP contribution is -2.25. The van der Waals surface area contributed by atoms with Crippen molar-refractivity contribution in [2.45, 2.75) is 13.5 Å². The number of methoxy groups -OCH3 is 1. The van der Waals surface area contributed by atoms with E-state index < -0.39 is 11.5 Å². The minimum absolute atomic E-state index is 0.00542. The van der Waals surface area contributed by atoms with Crippen LogP contribution in [0.5, 0.6) is 5.75 Å². The molecular formula is C15H15N5O3. The summed E-state index contributed by atoms with van der Waals surface area (Å²) in [5.41, 5.74) is 1.23. The lowest BCUT2D eigenvalue weighted by Gasteiger charge is -2.05. The first-order chi connectivity index (χ1) is 11.1. The maximum atomic E-state index is 12.3. The van der Waals surface area contributed by atoms with Crippen LogP contribution in [0.25, 0.3) is 5.52 Å². The van der Waals surface area contributed by atoms with Crippen LogP contribution in [0.3, 0.4) is 0 Å². The fourth-order valence-corrected chi connectivity index (χ4v) is 2.25. The molecule has 0 fully saturated rings. The number of carbonyl (C=O) groups is 1. The number of aromatic amines is 1. The molecule has 1 amide bonds. The summed E-state index contributed by atoms with van der Waals surface area (Å²) in [4.78, 5) is 26.9. The lowest BCUT2D eigenvalue weighted by molar-refractivity contribution is 0.0947. The molecule has 3 aromatic rings. The molecule has 0 aliphatic heterocycles. The van der Waals surface area contributed by atoms with Gasteiger partial charge in [0.2, 0.25) is 0 Å². The second-order valence-electron chi connectivity index (χ2n) is 5.03. The summed E-state index contributed by atoms with van der Waals surface area (Å²) >= 11 is 0. The molecule has 2 aromatic heterocycles. The zero-order valence-electron chi connectivity index (χ0n) is 12.7. The van der Waals surface area contributed by atoms with Gasteiger partial charge in [-0.3, -0.25) is 9.59 Å². The molecule has 0 saturated carbocycles. The molecule has 23 heavy (non-hydrogen) atoms. The molecule has 1 aromatic carbocycles. The Hall–Kier alpha value is -3.16. The molecule has 8 nitrogen and oxygen atoms in total. The van der Waals surface area contributed by atoms with Gasteiger partial charge in [0, 0.05) is 12.2 Å². The Balaban J connectivity index is 1.82. The van der Waals surface area contributed by atoms with E-state index in [-0.39, 0.29) is 11.2 Å². The van der Waals surface area contributed by atoms with Crippen LogP contribution in [0.4, 0.5) is 0 Å². The van der Waals surface area contributed by atoms with E-state index in [0.29, 0.717) is 18.0 Å². The Morgan fingerprint density at radius 3 is 3.04 bits per heavy atom. The fraction of sp³-hybridized carbons (Fsp3) is 0.200. The minimum Gasteiger partial charge on any atom is -0.497 e. The van der Waals surface area contributed by atoms with Crippen molar-refractivity contribution in [3.8, 4) is 5.75 Å². The first-order valence-electron chi connectivity index (χ1n) is 6.94. The maximum Gasteiger partial charge on any atom is 0.276 e. The van der Waals surface area contributed by atoms with Crippen LogP contribution in [-0.2, 0) is 6.54 Å². The Kier molecular flexibility index (Phi) is 3.80. The van der Waals surface area contributed by atoms with Gasteiger partial charge in [0.05, 0.1) is 13.3 Å². The van der Waals surface area contributed by atoms with E-state index in [2.05, 4.69) is 20.6 Å². The molecule has 0 spiro atoms. The van der Waals surface area contributed by atoms with Crippen molar-refractivity contribution in [2.24, 2.45) is 0 Å². The number of nitrogens with zero attached hydrogens (tertiary/aromatic N) is 3. The summed E-state index contributed by atoms with van der Waals surface area (Å²) in [6.07, 6.45) is 1.60. The second kappa shape index (κ2) is 5.91. The number of benzene rings is 1. The molecule has 0 atom stereocenters. The van der Waals surface area contributed by atoms with Crippen molar-refractivity contribution in [2.75, 3.05) is 7.11 Å². The minimum atomic E-state index is -0.461. The van der Waals surface area contributed by atoms with Gasteiger partial charge in [0.15, 0.2) is 11.2 Å². The highest BCUT2D eigenvalue weighted by atomic mass is 16.5. The molecule has 3 rings (SSSR count). The highest BCUT2D eigenvalue weighted by molar-refractivity contribution is 5.98. The molecule has 8 heteroatoms. The molecule has 0 aliphatic carbocycles. The van der Waals surface area contributed by atoms with Crippen LogP contribution in [0.15, 0.2) is 35.3 Å². The van der Waals surface area contributed by atoms with Crippen LogP contribution < -0.4 is 15.6 Å². The quantitative estimate of drug-likeness (QED) is 0.737. The third-order valence-electron chi connectivity index (χ3n) is 3.34. The summed E-state index contributed by atoms with van der Waals surface area (Å²) in [5.74, 6) is 0.245. The van der Waals surface area contributed by atoms with Crippen LogP contribution in [0.2, 0.25) is 0 Å². The van der Waals surface area contributed by atoms with Crippen LogP contribution in [-0.4, -0.2) is 32.8 Å². The van der Waals surface area contributed by atoms with E-state index in [0.717, 1.165) is 5.56 Å². The van der Waals surface area contributed by atoms with E-state index in [1.54, 1.807) is 20.2 Å². The topological polar surface area (TPSA) is 101 Å². The Bertz CT molecular complexity index is 928. The normalized spacial score (nSPS) is 10.7. The number of ether oxygens (including phenoxy) is 1. The highest BCUT2D eigenvalue weighted by Gasteiger charge is 2.17. The monoisotopic (exact) mass is 313 g/mol. The second-order valence-corrected chi connectivity index (χ2v) is 5.03. The molecule has 118 valence electrons. The van der Waals surface area contributed by atoms with Gasteiger partial charge in [-0.1, -0.05) is 17.3 Å². The number of nitrogens with one attached hydrogen (secondary N) is 2. The van der Waals surface area contributed by atoms with Crippen molar-refractivity contribution in [1.82, 2.24) is 25.1 Å². The molecule has 0 unspecified atom stereocenters. The van der Waals surface area contributed by atoms with Gasteiger partial charge in [-0.05, 0) is 24.6 Å². The smallest absolute Gasteiger partial charge is 0.276 e. The van der Waals surface area contributed by atoms with Crippen molar-refractivity contribution in [1.29, 1.82) is 0 Å². The van der Waals surface area contributed by atoms with Gasteiger partial charge < -0.3 is 15.0 Å². The molecule has 0 saturated heterocycles. The first-order valence-corrected chi connectivity index (χ1v) is 6.94. The number of rotatable bonds is 4. The van der Waals surface area contributed by atoms with Gasteiger partial charge in [0.25, 0.3) is 11.5 Å². The van der Waals surface area contributed by atoms with E-state index in [1.165, 1.54) is 4.52 Å². The van der Waals surface area contributed by atoms with Crippen molar-refractivity contribution >= 4 is 11.4 Å². The number of aryl methyl sites for hydroxylation is 1. The number of hydrogen-bond donors (Lipinski definition) is 2. The summed E-state index contributed by atoms with van der Waals surface area (Å²) in [5, 5.41) is 10.3. The third-order valence-corrected chi connectivity index (χ3v) is 3.34. The predicted molar refractivity (Wildman–Crippen MR) is 82.5 cm³/mol. The Labute approximate surface area is 131 Å². The molecule has 0 bridgehead atoms. The molecule has 0 aliphatic rings. The van der Waals surface area contributed by atoms with Gasteiger partial charge in [-0.2, -0.15) is 0 Å². The van der Waals surface area contributed by atoms with Gasteiger partial charge in [0.1, 0.15) is 5.75 Å². The predicted octanol–water partition coefficient (Wildman–Crippen LogP) is 0.665. The highest BCUT2D eigenvalue weighted by Crippen LogP contribution is 2.12. The molecule has 2 heterocycles. The number of aromatic nitrogens is 4. The summed E-state index contributed by atoms with van der Waals surface area (Å²) < 4.78 is 6.43. The van der Waals surface area contributed by atoms with Crippen molar-refractivity contribution in [3.63, 3.8) is 0 Å². The van der Waals surface area contributed by atoms with Gasteiger partial charge >= 0.3 is 0 Å². The number of carbonyl (C=O) groups excluding carboxylic acids is 1. The maximum absolute atomic E-state index is 12.3. The zero-order valence-corrected chi connectivity index (χ0v) is 12.7. The van der Waals surface area contributed by atoms with Gasteiger partial charge in [-0.25, -0.2) is 4.52 Å². The van der Waals surface area contributed by atoms with Crippen molar-refractivity contribution < 1.29 is 9.53 Å². The molecule has 2 N–H and O–H groups in total. The Morgan fingerprint density at radius 2 is 2.26 bits per heavy atom. The molecule has 0 radical (unpaired) electrons. The summed E-state index contributed by atoms with van der Waals surface area (Å²) in [7, 11) is 1.58. The fourth-order valence-electron chi connectivity index (χ4n) is 2.25. The molecular weight excluding hydrogens is 298 g/mol. The number of H-pyrrole nitrogens is 1. The lowest BCUT2D eigenvalue weighted by atomic mass is 10.2. The van der Waals surface area contributed by atoms with Gasteiger partial charge in [-0.15, -0.1) is 5.10 Å². The van der Waals surface area contributed by atoms with E-state index >= 15 is 0 Å². The number of amides is 1. The van der Waals surface area contributed by atoms with Crippen LogP contribution in [0, 0.1) is 6.92 Å². The van der Waals surface area contributed by atoms with E-state index in [9.17, 15) is 9.59 Å². The number of hydrogen-bond acceptors (Lipinski definition) is 5. The standard InChI is InChI=1S/C15H15N5O3/c1-9-8-20-13(15(22)17-9)12(18-19-20)14(21)16-7-10-4-3-5-11(6-10)23-2/h3-6,8H,7H2,1-2H3,(H,16,21)(H,17,22). The van der Waals surface area contributed by atoms with E-state index in [4.69, 9.17) is 4.74 Å². The Morgan fingerprint density at radius 1 is 1.43 bits per heavy atom.